The van der Waals surface area contributed by atoms with E-state index in [2.05, 4.69) is 0 Å². The van der Waals surface area contributed by atoms with Crippen molar-refractivity contribution in [3.8, 4) is 0 Å². The molecule has 1 rings (SSSR count). The average molecular weight is 272 g/mol. The third kappa shape index (κ3) is 6.13. The van der Waals surface area contributed by atoms with Crippen LogP contribution in [0, 0.1) is 5.41 Å². The lowest BCUT2D eigenvalue weighted by Gasteiger charge is -2.24. The molecule has 0 aliphatic carbocycles. The summed E-state index contributed by atoms with van der Waals surface area (Å²) in [5, 5.41) is 43.3. The second-order valence-electron chi connectivity index (χ2n) is 4.46. The summed E-state index contributed by atoms with van der Waals surface area (Å²) < 4.78 is 0. The predicted octanol–water partition coefficient (Wildman–Crippen LogP) is 0.0309. The van der Waals surface area contributed by atoms with Gasteiger partial charge in [0.05, 0.1) is 33.0 Å². The van der Waals surface area contributed by atoms with Gasteiger partial charge in [0.15, 0.2) is 0 Å². The normalized spacial score (nSPS) is 10.8. The second kappa shape index (κ2) is 9.89. The Morgan fingerprint density at radius 3 is 1.47 bits per heavy atom. The molecule has 0 aromatic heterocycles. The van der Waals surface area contributed by atoms with Gasteiger partial charge in [0.25, 0.3) is 0 Å². The minimum absolute atomic E-state index is 0.0356. The summed E-state index contributed by atoms with van der Waals surface area (Å²) >= 11 is 0. The lowest BCUT2D eigenvalue weighted by molar-refractivity contribution is 0.00304. The molecule has 0 saturated carbocycles. The monoisotopic (exact) mass is 272 g/mol. The van der Waals surface area contributed by atoms with Crippen LogP contribution in [-0.2, 0) is 13.2 Å². The molecule has 0 aliphatic heterocycles. The van der Waals surface area contributed by atoms with Crippen LogP contribution in [0.15, 0.2) is 24.3 Å². The van der Waals surface area contributed by atoms with Crippen molar-refractivity contribution >= 4 is 0 Å². The first kappa shape index (κ1) is 18.0. The Kier molecular flexibility index (Phi) is 9.38. The lowest BCUT2D eigenvalue weighted by atomic mass is 9.88. The summed E-state index contributed by atoms with van der Waals surface area (Å²) in [6, 6.07) is 7.23. The minimum atomic E-state index is -0.667. The maximum atomic E-state index is 8.68. The highest BCUT2D eigenvalue weighted by Crippen LogP contribution is 2.18. The summed E-state index contributed by atoms with van der Waals surface area (Å²) in [6.45, 7) is 1.42. The molecule has 0 saturated heterocycles. The molecule has 5 heteroatoms. The van der Waals surface area contributed by atoms with Crippen LogP contribution in [-0.4, -0.2) is 45.4 Å². The standard InChI is InChI=1S/C8H10O2.C6H14O3/c9-5-7-2-1-3-8(4-7)6-10;1-2-6(3-7,4-8)5-9/h1-4,9-10H,5-6H2;7-9H,2-5H2,1H3. The van der Waals surface area contributed by atoms with Gasteiger partial charge in [-0.25, -0.2) is 0 Å². The molecule has 1 aromatic rings. The van der Waals surface area contributed by atoms with E-state index in [1.807, 2.05) is 25.1 Å². The van der Waals surface area contributed by atoms with Crippen LogP contribution in [0.25, 0.3) is 0 Å². The Morgan fingerprint density at radius 2 is 1.26 bits per heavy atom. The zero-order valence-electron chi connectivity index (χ0n) is 11.3. The van der Waals surface area contributed by atoms with Crippen molar-refractivity contribution in [2.45, 2.75) is 26.6 Å². The third-order valence-corrected chi connectivity index (χ3v) is 3.11. The molecule has 0 unspecified atom stereocenters. The van der Waals surface area contributed by atoms with E-state index in [9.17, 15) is 0 Å². The van der Waals surface area contributed by atoms with Crippen LogP contribution in [0.1, 0.15) is 24.5 Å². The lowest BCUT2D eigenvalue weighted by Crippen LogP contribution is -2.32. The Morgan fingerprint density at radius 1 is 0.842 bits per heavy atom. The van der Waals surface area contributed by atoms with Crippen molar-refractivity contribution in [2.75, 3.05) is 19.8 Å². The average Bonchev–Trinajstić information content (AvgIpc) is 2.51. The molecular formula is C14H24O5. The summed E-state index contributed by atoms with van der Waals surface area (Å²) in [7, 11) is 0. The Labute approximate surface area is 113 Å². The fraction of sp³-hybridized carbons (Fsp3) is 0.571. The number of aliphatic hydroxyl groups excluding tert-OH is 5. The van der Waals surface area contributed by atoms with Gasteiger partial charge in [-0.2, -0.15) is 0 Å². The molecule has 19 heavy (non-hydrogen) atoms. The zero-order valence-corrected chi connectivity index (χ0v) is 11.3. The molecule has 0 aliphatic rings. The quantitative estimate of drug-likeness (QED) is 0.503. The maximum absolute atomic E-state index is 8.68. The minimum Gasteiger partial charge on any atom is -0.396 e. The highest BCUT2D eigenvalue weighted by molar-refractivity contribution is 5.21. The van der Waals surface area contributed by atoms with Crippen LogP contribution >= 0.6 is 0 Å². The fourth-order valence-electron chi connectivity index (χ4n) is 1.31. The molecule has 0 atom stereocenters. The van der Waals surface area contributed by atoms with E-state index in [4.69, 9.17) is 25.5 Å². The van der Waals surface area contributed by atoms with Gasteiger partial charge in [-0.1, -0.05) is 31.2 Å². The van der Waals surface area contributed by atoms with Gasteiger partial charge < -0.3 is 25.5 Å². The Bertz CT molecular complexity index is 300. The number of hydrogen-bond donors (Lipinski definition) is 5. The van der Waals surface area contributed by atoms with Crippen LogP contribution in [0.5, 0.6) is 0 Å². The largest absolute Gasteiger partial charge is 0.396 e. The third-order valence-electron chi connectivity index (χ3n) is 3.11. The van der Waals surface area contributed by atoms with E-state index in [1.54, 1.807) is 6.07 Å². The van der Waals surface area contributed by atoms with E-state index in [0.29, 0.717) is 6.42 Å². The molecule has 0 fully saturated rings. The fourth-order valence-corrected chi connectivity index (χ4v) is 1.31. The summed E-state index contributed by atoms with van der Waals surface area (Å²) in [5.74, 6) is 0. The van der Waals surface area contributed by atoms with Crippen molar-refractivity contribution in [3.63, 3.8) is 0 Å². The molecule has 0 radical (unpaired) electrons. The van der Waals surface area contributed by atoms with Gasteiger partial charge >= 0.3 is 0 Å². The van der Waals surface area contributed by atoms with Gasteiger partial charge in [-0.15, -0.1) is 0 Å². The molecular weight excluding hydrogens is 248 g/mol. The summed E-state index contributed by atoms with van der Waals surface area (Å²) in [4.78, 5) is 0. The van der Waals surface area contributed by atoms with Crippen molar-refractivity contribution < 1.29 is 25.5 Å². The molecule has 0 bridgehead atoms. The number of benzene rings is 1. The van der Waals surface area contributed by atoms with E-state index in [1.165, 1.54) is 0 Å². The van der Waals surface area contributed by atoms with Gasteiger partial charge in [0.2, 0.25) is 0 Å². The van der Waals surface area contributed by atoms with Crippen LogP contribution in [0.2, 0.25) is 0 Å². The van der Waals surface area contributed by atoms with E-state index < -0.39 is 5.41 Å². The molecule has 1 aromatic carbocycles. The predicted molar refractivity (Wildman–Crippen MR) is 72.3 cm³/mol. The molecule has 5 nitrogen and oxygen atoms in total. The molecule has 0 heterocycles. The van der Waals surface area contributed by atoms with Crippen LogP contribution < -0.4 is 0 Å². The summed E-state index contributed by atoms with van der Waals surface area (Å²) in [6.07, 6.45) is 0.594. The summed E-state index contributed by atoms with van der Waals surface area (Å²) in [5.41, 5.74) is 1.01. The number of aliphatic hydroxyl groups is 5. The van der Waals surface area contributed by atoms with E-state index >= 15 is 0 Å². The molecule has 5 N–H and O–H groups in total. The van der Waals surface area contributed by atoms with Crippen molar-refractivity contribution in [1.29, 1.82) is 0 Å². The van der Waals surface area contributed by atoms with Gasteiger partial charge in [0, 0.05) is 5.41 Å². The van der Waals surface area contributed by atoms with E-state index in [-0.39, 0.29) is 33.0 Å². The van der Waals surface area contributed by atoms with Gasteiger partial charge in [-0.3, -0.25) is 0 Å². The molecule has 0 spiro atoms. The van der Waals surface area contributed by atoms with Crippen LogP contribution in [0.3, 0.4) is 0 Å². The topological polar surface area (TPSA) is 101 Å². The number of hydrogen-bond acceptors (Lipinski definition) is 5. The van der Waals surface area contributed by atoms with Gasteiger partial charge in [0.1, 0.15) is 0 Å². The van der Waals surface area contributed by atoms with Crippen molar-refractivity contribution in [1.82, 2.24) is 0 Å². The van der Waals surface area contributed by atoms with Crippen molar-refractivity contribution in [3.05, 3.63) is 35.4 Å². The first-order chi connectivity index (χ1) is 9.11. The van der Waals surface area contributed by atoms with Gasteiger partial charge in [-0.05, 0) is 17.5 Å². The first-order valence-electron chi connectivity index (χ1n) is 6.23. The molecule has 110 valence electrons. The smallest absolute Gasteiger partial charge is 0.0681 e. The zero-order chi connectivity index (χ0) is 14.7. The SMILES string of the molecule is CCC(CO)(CO)CO.OCc1cccc(CO)c1. The second-order valence-corrected chi connectivity index (χ2v) is 4.46. The molecule has 0 amide bonds. The Balaban J connectivity index is 0.000000344. The highest BCUT2D eigenvalue weighted by atomic mass is 16.3. The van der Waals surface area contributed by atoms with Crippen LogP contribution in [0.4, 0.5) is 0 Å². The highest BCUT2D eigenvalue weighted by Gasteiger charge is 2.24. The maximum Gasteiger partial charge on any atom is 0.0681 e. The van der Waals surface area contributed by atoms with Crippen molar-refractivity contribution in [2.24, 2.45) is 5.41 Å². The van der Waals surface area contributed by atoms with E-state index in [0.717, 1.165) is 11.1 Å². The first-order valence-corrected chi connectivity index (χ1v) is 6.23. The Hall–Kier alpha value is -0.980. The number of rotatable bonds is 6.